The number of aryl methyl sites for hydroxylation is 4. The second-order valence-corrected chi connectivity index (χ2v) is 37.3. The summed E-state index contributed by atoms with van der Waals surface area (Å²) in [4.78, 5) is 60.7. The van der Waals surface area contributed by atoms with Gasteiger partial charge in [-0.2, -0.15) is 4.57 Å². The van der Waals surface area contributed by atoms with E-state index in [1.165, 1.54) is 160 Å². The van der Waals surface area contributed by atoms with E-state index in [9.17, 15) is 24.6 Å². The van der Waals surface area contributed by atoms with E-state index in [2.05, 4.69) is 240 Å². The third-order valence-corrected chi connectivity index (χ3v) is 26.8. The van der Waals surface area contributed by atoms with Crippen molar-refractivity contribution in [1.82, 2.24) is 29.9 Å². The molecule has 13 nitrogen and oxygen atoms in total. The van der Waals surface area contributed by atoms with Gasteiger partial charge in [0.05, 0.1) is 45.0 Å². The number of aliphatic hydroxyl groups excluding tert-OH is 3. The smallest absolute Gasteiger partial charge is 0.221 e. The molecule has 7 aromatic heterocycles. The molecule has 0 bridgehead atoms. The molecule has 778 valence electrons. The van der Waals surface area contributed by atoms with Crippen LogP contribution in [0.2, 0.25) is 0 Å². The van der Waals surface area contributed by atoms with E-state index in [0.717, 1.165) is 148 Å². The standard InChI is InChI=1S/C22H22N.C21H20N.C16H11N2.C16H12N.C15H10N.2C13H24O2.C11H8N.C5H8O2.4Ir/c1-15-12-16(2)14-18(13-15)21-11-10-20-19(17-6-3-4-7-17)8-5-9-22(20)23-21;1-14-11-15(2)13-17(12-14)20-10-9-19-18(16-5-3-6-16)7-4-8-21(19)22-20;1-2-6-13(7-3-1)16-12-14(9-11-18-16)15-8-4-5-10-17-15;1-3-7-14-12(5-1)9-10-17-11-13-6-2-4-8-15(13)16(14)17;1-2-7-13(8-3-1)15-14-9-5-4-6-12(14)10-11-16-15;2*1-5-10(6-2)12(14)9-13(15)11(7-3)8-4;1-2-6-10(7-3-1)11-8-4-5-9-12-11;1-4(6)3-5(2)7;;;;/h5,8-13,17H,3-4,6-7H2,1-2H3;4,7-12,16H,3,5-6H2,1-2H3;1-6,8-12H;1-10H,11H2;1-7,9-11H;2*9-11,14H,5-8H2,1-4H3;1-6,8-9H;3,6H,1-2H3;;;;/q3*-1;+1;-1;;;-1;;;;;. The van der Waals surface area contributed by atoms with Gasteiger partial charge in [0.15, 0.2) is 30.1 Å². The number of fused-ring (bicyclic) bond motifs is 8. The summed E-state index contributed by atoms with van der Waals surface area (Å²) in [5.41, 5.74) is 26.4. The van der Waals surface area contributed by atoms with Crippen LogP contribution < -0.4 is 4.57 Å². The molecule has 10 aromatic carbocycles. The summed E-state index contributed by atoms with van der Waals surface area (Å²) in [6.07, 6.45) is 29.8. The number of hydrogen-bond acceptors (Lipinski definition) is 12. The Labute approximate surface area is 938 Å². The predicted octanol–water partition coefficient (Wildman–Crippen LogP) is 33.3. The van der Waals surface area contributed by atoms with Gasteiger partial charge in [0.2, 0.25) is 5.69 Å². The van der Waals surface area contributed by atoms with Crippen molar-refractivity contribution in [3.05, 3.63) is 427 Å². The number of hydrogen-bond donors (Lipinski definition) is 3. The number of rotatable bonds is 23. The van der Waals surface area contributed by atoms with E-state index in [0.29, 0.717) is 0 Å². The maximum atomic E-state index is 11.7. The number of benzene rings is 10. The first-order chi connectivity index (χ1) is 70.5. The molecule has 8 heterocycles. The van der Waals surface area contributed by atoms with E-state index in [-0.39, 0.29) is 139 Å². The molecule has 0 amide bonds. The van der Waals surface area contributed by atoms with Crippen LogP contribution in [0.1, 0.15) is 216 Å². The van der Waals surface area contributed by atoms with Crippen molar-refractivity contribution in [3.8, 4) is 78.8 Å². The Morgan fingerprint density at radius 1 is 0.369 bits per heavy atom. The molecule has 2 fully saturated rings. The number of carbonyl (C=O) groups is 3. The van der Waals surface area contributed by atoms with Crippen LogP contribution in [0.4, 0.5) is 0 Å². The minimum atomic E-state index is -0.125. The molecule has 3 aliphatic rings. The van der Waals surface area contributed by atoms with Gasteiger partial charge in [0, 0.05) is 170 Å². The number of aliphatic hydroxyl groups is 3. The Bertz CT molecular complexity index is 6960. The Balaban J connectivity index is 0.000000206. The van der Waals surface area contributed by atoms with Crippen LogP contribution in [-0.4, -0.2) is 62.6 Å². The number of ketones is 3. The number of aromatic nitrogens is 7. The first-order valence-corrected chi connectivity index (χ1v) is 51.6. The largest absolute Gasteiger partial charge is 0.512 e. The maximum Gasteiger partial charge on any atom is 0.221 e. The zero-order valence-electron chi connectivity index (χ0n) is 88.1. The molecule has 4 radical (unpaired) electrons. The zero-order chi connectivity index (χ0) is 103. The van der Waals surface area contributed by atoms with Crippen LogP contribution in [0.25, 0.3) is 122 Å². The third-order valence-electron chi connectivity index (χ3n) is 26.8. The van der Waals surface area contributed by atoms with Gasteiger partial charge in [0.25, 0.3) is 0 Å². The molecule has 149 heavy (non-hydrogen) atoms. The van der Waals surface area contributed by atoms with Crippen LogP contribution in [0, 0.1) is 81.7 Å². The fourth-order valence-corrected chi connectivity index (χ4v) is 18.8. The normalized spacial score (nSPS) is 12.2. The van der Waals surface area contributed by atoms with Gasteiger partial charge in [0.1, 0.15) is 0 Å². The molecular formula is C132H139Ir4N7O6-4. The van der Waals surface area contributed by atoms with E-state index in [1.807, 2.05) is 201 Å². The number of allylic oxidation sites excluding steroid dienone is 6. The second kappa shape index (κ2) is 63.5. The van der Waals surface area contributed by atoms with Crippen LogP contribution in [0.3, 0.4) is 0 Å². The van der Waals surface area contributed by atoms with Gasteiger partial charge in [-0.15, -0.1) is 177 Å². The monoisotopic (exact) mass is 2690 g/mol. The molecule has 0 unspecified atom stereocenters. The van der Waals surface area contributed by atoms with Gasteiger partial charge < -0.3 is 30.3 Å². The Kier molecular flexibility index (Phi) is 51.9. The number of carbonyl (C=O) groups excluding carboxylic acids is 3. The summed E-state index contributed by atoms with van der Waals surface area (Å²) >= 11 is 0. The summed E-state index contributed by atoms with van der Waals surface area (Å²) < 4.78 is 2.34. The number of nitrogens with zero attached hydrogens (tertiary/aromatic N) is 7. The summed E-state index contributed by atoms with van der Waals surface area (Å²) in [5, 5.41) is 35.6. The molecule has 0 atom stereocenters. The first-order valence-electron chi connectivity index (χ1n) is 51.6. The molecule has 0 spiro atoms. The van der Waals surface area contributed by atoms with Gasteiger partial charge in [-0.25, -0.2) is 0 Å². The van der Waals surface area contributed by atoms with Crippen molar-refractivity contribution in [2.24, 2.45) is 23.7 Å². The Morgan fingerprint density at radius 2 is 0.799 bits per heavy atom. The fourth-order valence-electron chi connectivity index (χ4n) is 18.8. The molecular weight excluding hydrogens is 2550 g/mol. The summed E-state index contributed by atoms with van der Waals surface area (Å²) in [7, 11) is 0. The van der Waals surface area contributed by atoms with Crippen molar-refractivity contribution < 1.29 is 115 Å². The van der Waals surface area contributed by atoms with Crippen LogP contribution >= 0.6 is 0 Å². The van der Waals surface area contributed by atoms with E-state index in [4.69, 9.17) is 15.1 Å². The molecule has 2 saturated carbocycles. The van der Waals surface area contributed by atoms with E-state index >= 15 is 0 Å². The molecule has 17 heteroatoms. The third kappa shape index (κ3) is 35.6. The van der Waals surface area contributed by atoms with Crippen molar-refractivity contribution in [1.29, 1.82) is 0 Å². The number of pyridine rings is 7. The van der Waals surface area contributed by atoms with Gasteiger partial charge in [-0.05, 0) is 219 Å². The minimum Gasteiger partial charge on any atom is -0.512 e. The Morgan fingerprint density at radius 3 is 1.24 bits per heavy atom. The van der Waals surface area contributed by atoms with Crippen LogP contribution in [0.5, 0.6) is 0 Å². The molecule has 1 aliphatic heterocycles. The fraction of sp³-hybridized carbons (Fsp3) is 0.273. The maximum absolute atomic E-state index is 11.7. The van der Waals surface area contributed by atoms with Crippen LogP contribution in [-0.2, 0) is 101 Å². The molecule has 17 aromatic rings. The molecule has 2 aliphatic carbocycles. The van der Waals surface area contributed by atoms with Crippen molar-refractivity contribution in [2.45, 2.75) is 212 Å². The average molecular weight is 2690 g/mol. The van der Waals surface area contributed by atoms with Gasteiger partial charge >= 0.3 is 0 Å². The Hall–Kier alpha value is -12.5. The average Bonchev–Trinajstić information content (AvgIpc) is 1.61. The van der Waals surface area contributed by atoms with Crippen molar-refractivity contribution in [2.75, 3.05) is 0 Å². The predicted molar refractivity (Wildman–Crippen MR) is 599 cm³/mol. The first kappa shape index (κ1) is 122. The summed E-state index contributed by atoms with van der Waals surface area (Å²) in [6.45, 7) is 28.4. The van der Waals surface area contributed by atoms with E-state index in [1.54, 1.807) is 18.6 Å². The summed E-state index contributed by atoms with van der Waals surface area (Å²) in [5.74, 6) is 2.49. The van der Waals surface area contributed by atoms with Crippen molar-refractivity contribution in [3.63, 3.8) is 0 Å². The molecule has 3 N–H and O–H groups in total. The van der Waals surface area contributed by atoms with Gasteiger partial charge in [-0.3, -0.25) is 29.3 Å². The quantitative estimate of drug-likeness (QED) is 0.0238. The SMILES string of the molecule is CC(=O)C=C(C)O.CCC(CC)C(=O)C=C(O)C(CC)CC.CCC(CC)C(=O)C=C(O)C(CC)CC.Cc1[c-]c(-c2ccc3c(C4CCC4)cccc3n2)cc(C)c1.Cc1[c-]c(-c2ccc3c(C4CCCC4)cccc3n2)cc(C)c1.[Ir].[Ir].[Ir].[Ir].[c-]1ccccc1-c1cc(-c2ccccn2)ccn1.[c-]1ccccc1-c1ccccn1.[c-]1ccccc1-c1nccc2ccccc12.c1ccc2c(c1)C[n+]1ccc3ccccc3c1-2. The summed E-state index contributed by atoms with van der Waals surface area (Å²) in [6, 6.07) is 116. The van der Waals surface area contributed by atoms with Gasteiger partial charge in [-0.1, -0.05) is 236 Å². The minimum absolute atomic E-state index is 0. The molecule has 0 saturated heterocycles. The van der Waals surface area contributed by atoms with E-state index < -0.39 is 0 Å². The van der Waals surface area contributed by atoms with Crippen LogP contribution in [0.15, 0.2) is 358 Å². The van der Waals surface area contributed by atoms with Crippen molar-refractivity contribution >= 4 is 60.7 Å². The second-order valence-electron chi connectivity index (χ2n) is 37.3. The topological polar surface area (TPSA) is 193 Å². The molecule has 20 rings (SSSR count). The zero-order valence-corrected chi connectivity index (χ0v) is 97.7.